The van der Waals surface area contributed by atoms with E-state index >= 15 is 0 Å². The third-order valence-electron chi connectivity index (χ3n) is 3.55. The minimum Gasteiger partial charge on any atom is -0.381 e. The minimum atomic E-state index is -0.429. The average Bonchev–Trinajstić information content (AvgIpc) is 2.52. The molecule has 1 fully saturated rings. The first kappa shape index (κ1) is 15.4. The molecule has 0 atom stereocenters. The summed E-state index contributed by atoms with van der Waals surface area (Å²) in [5.41, 5.74) is -0.0482. The largest absolute Gasteiger partial charge is 0.381 e. The molecule has 2 rings (SSSR count). The summed E-state index contributed by atoms with van der Waals surface area (Å²) in [5, 5.41) is 14.2. The maximum atomic E-state index is 11.2. The highest BCUT2D eigenvalue weighted by atomic mass is 16.6. The molecule has 0 aromatic carbocycles. The molecule has 8 heteroatoms. The van der Waals surface area contributed by atoms with E-state index in [2.05, 4.69) is 15.3 Å². The zero-order chi connectivity index (χ0) is 15.2. The first-order valence-corrected chi connectivity index (χ1v) is 7.18. The zero-order valence-electron chi connectivity index (χ0n) is 12.4. The molecule has 116 valence electrons. The van der Waals surface area contributed by atoms with Gasteiger partial charge in [-0.3, -0.25) is 10.1 Å². The number of piperidine rings is 1. The van der Waals surface area contributed by atoms with Gasteiger partial charge in [-0.1, -0.05) is 6.92 Å². The Morgan fingerprint density at radius 1 is 1.52 bits per heavy atom. The van der Waals surface area contributed by atoms with Crippen molar-refractivity contribution in [2.24, 2.45) is 0 Å². The van der Waals surface area contributed by atoms with Crippen molar-refractivity contribution in [3.8, 4) is 0 Å². The van der Waals surface area contributed by atoms with Crippen molar-refractivity contribution in [2.75, 3.05) is 37.0 Å². The van der Waals surface area contributed by atoms with Gasteiger partial charge in [0, 0.05) is 26.7 Å². The maximum absolute atomic E-state index is 11.2. The van der Waals surface area contributed by atoms with Gasteiger partial charge in [0.15, 0.2) is 0 Å². The van der Waals surface area contributed by atoms with Crippen LogP contribution in [0.2, 0.25) is 0 Å². The highest BCUT2D eigenvalue weighted by molar-refractivity contribution is 5.59. The molecule has 0 spiro atoms. The molecule has 1 aromatic rings. The van der Waals surface area contributed by atoms with Crippen molar-refractivity contribution in [2.45, 2.75) is 32.3 Å². The number of nitrogens with one attached hydrogen (secondary N) is 1. The van der Waals surface area contributed by atoms with Gasteiger partial charge in [0.25, 0.3) is 0 Å². The van der Waals surface area contributed by atoms with Gasteiger partial charge in [-0.2, -0.15) is 4.98 Å². The number of hydrogen-bond donors (Lipinski definition) is 1. The van der Waals surface area contributed by atoms with Crippen LogP contribution in [-0.4, -0.2) is 47.7 Å². The average molecular weight is 295 g/mol. The molecule has 0 bridgehead atoms. The summed E-state index contributed by atoms with van der Waals surface area (Å²) in [4.78, 5) is 21.0. The molecule has 1 N–H and O–H groups in total. The van der Waals surface area contributed by atoms with Gasteiger partial charge >= 0.3 is 5.69 Å². The lowest BCUT2D eigenvalue weighted by molar-refractivity contribution is -0.384. The second kappa shape index (κ2) is 7.16. The van der Waals surface area contributed by atoms with Gasteiger partial charge in [-0.05, 0) is 19.3 Å². The van der Waals surface area contributed by atoms with Crippen molar-refractivity contribution in [3.63, 3.8) is 0 Å². The van der Waals surface area contributed by atoms with Crippen LogP contribution in [0.15, 0.2) is 6.20 Å². The Kier molecular flexibility index (Phi) is 5.26. The SMILES string of the molecule is CCCNc1ncc([N+](=O)[O-])c(N2CCC(OC)CC2)n1. The lowest BCUT2D eigenvalue weighted by Crippen LogP contribution is -2.37. The van der Waals surface area contributed by atoms with E-state index in [1.54, 1.807) is 7.11 Å². The van der Waals surface area contributed by atoms with Crippen molar-refractivity contribution in [1.82, 2.24) is 9.97 Å². The van der Waals surface area contributed by atoms with Crippen molar-refractivity contribution < 1.29 is 9.66 Å². The monoisotopic (exact) mass is 295 g/mol. The van der Waals surface area contributed by atoms with Crippen LogP contribution in [0.5, 0.6) is 0 Å². The third kappa shape index (κ3) is 3.78. The van der Waals surface area contributed by atoms with E-state index in [0.29, 0.717) is 24.9 Å². The van der Waals surface area contributed by atoms with E-state index in [9.17, 15) is 10.1 Å². The second-order valence-corrected chi connectivity index (χ2v) is 5.01. The number of anilines is 2. The zero-order valence-corrected chi connectivity index (χ0v) is 12.4. The molecular formula is C13H21N5O3. The van der Waals surface area contributed by atoms with E-state index in [4.69, 9.17) is 4.74 Å². The van der Waals surface area contributed by atoms with E-state index in [1.807, 2.05) is 11.8 Å². The lowest BCUT2D eigenvalue weighted by atomic mass is 10.1. The molecule has 1 aromatic heterocycles. The van der Waals surface area contributed by atoms with E-state index in [-0.39, 0.29) is 11.8 Å². The summed E-state index contributed by atoms with van der Waals surface area (Å²) in [6.07, 6.45) is 4.13. The highest BCUT2D eigenvalue weighted by Gasteiger charge is 2.27. The molecule has 0 saturated carbocycles. The van der Waals surface area contributed by atoms with Crippen LogP contribution in [-0.2, 0) is 4.74 Å². The normalized spacial score (nSPS) is 16.0. The van der Waals surface area contributed by atoms with E-state index in [0.717, 1.165) is 25.8 Å². The topological polar surface area (TPSA) is 93.4 Å². The minimum absolute atomic E-state index is 0.0482. The number of nitro groups is 1. The van der Waals surface area contributed by atoms with Gasteiger partial charge in [-0.25, -0.2) is 4.98 Å². The summed E-state index contributed by atoms with van der Waals surface area (Å²) in [6, 6.07) is 0. The van der Waals surface area contributed by atoms with Crippen molar-refractivity contribution in [1.29, 1.82) is 0 Å². The number of aromatic nitrogens is 2. The number of rotatable bonds is 6. The molecule has 1 aliphatic heterocycles. The van der Waals surface area contributed by atoms with Crippen LogP contribution in [0.25, 0.3) is 0 Å². The molecule has 1 saturated heterocycles. The molecule has 0 unspecified atom stereocenters. The predicted molar refractivity (Wildman–Crippen MR) is 79.7 cm³/mol. The van der Waals surface area contributed by atoms with Crippen molar-refractivity contribution in [3.05, 3.63) is 16.3 Å². The summed E-state index contributed by atoms with van der Waals surface area (Å²) in [6.45, 7) is 4.17. The first-order chi connectivity index (χ1) is 10.2. The van der Waals surface area contributed by atoms with Gasteiger partial charge < -0.3 is 15.0 Å². The number of nitrogens with zero attached hydrogens (tertiary/aromatic N) is 4. The molecule has 21 heavy (non-hydrogen) atoms. The number of hydrogen-bond acceptors (Lipinski definition) is 7. The Morgan fingerprint density at radius 2 is 2.24 bits per heavy atom. The fourth-order valence-electron chi connectivity index (χ4n) is 2.35. The van der Waals surface area contributed by atoms with Crippen LogP contribution in [0, 0.1) is 10.1 Å². The highest BCUT2D eigenvalue weighted by Crippen LogP contribution is 2.28. The quantitative estimate of drug-likeness (QED) is 0.632. The van der Waals surface area contributed by atoms with E-state index in [1.165, 1.54) is 6.20 Å². The smallest absolute Gasteiger partial charge is 0.329 e. The van der Waals surface area contributed by atoms with Crippen LogP contribution in [0.1, 0.15) is 26.2 Å². The summed E-state index contributed by atoms with van der Waals surface area (Å²) < 4.78 is 5.32. The Balaban J connectivity index is 2.20. The summed E-state index contributed by atoms with van der Waals surface area (Å²) in [7, 11) is 1.69. The Morgan fingerprint density at radius 3 is 2.81 bits per heavy atom. The van der Waals surface area contributed by atoms with Crippen LogP contribution in [0.3, 0.4) is 0 Å². The summed E-state index contributed by atoms with van der Waals surface area (Å²) >= 11 is 0. The Labute approximate surface area is 123 Å². The standard InChI is InChI=1S/C13H21N5O3/c1-3-6-14-13-15-9-11(18(19)20)12(16-13)17-7-4-10(21-2)5-8-17/h9-10H,3-8H2,1-2H3,(H,14,15,16). The van der Waals surface area contributed by atoms with Gasteiger partial charge in [0.1, 0.15) is 6.20 Å². The number of ether oxygens (including phenoxy) is 1. The predicted octanol–water partition coefficient (Wildman–Crippen LogP) is 1.82. The van der Waals surface area contributed by atoms with Gasteiger partial charge in [0.05, 0.1) is 11.0 Å². The second-order valence-electron chi connectivity index (χ2n) is 5.01. The van der Waals surface area contributed by atoms with Gasteiger partial charge in [0.2, 0.25) is 11.8 Å². The van der Waals surface area contributed by atoms with Crippen LogP contribution in [0.4, 0.5) is 17.5 Å². The van der Waals surface area contributed by atoms with Gasteiger partial charge in [-0.15, -0.1) is 0 Å². The fraction of sp³-hybridized carbons (Fsp3) is 0.692. The van der Waals surface area contributed by atoms with E-state index < -0.39 is 4.92 Å². The number of methoxy groups -OCH3 is 1. The van der Waals surface area contributed by atoms with Crippen LogP contribution >= 0.6 is 0 Å². The van der Waals surface area contributed by atoms with Crippen LogP contribution < -0.4 is 10.2 Å². The molecule has 0 aliphatic carbocycles. The fourth-order valence-corrected chi connectivity index (χ4v) is 2.35. The summed E-state index contributed by atoms with van der Waals surface area (Å²) in [5.74, 6) is 0.828. The molecule has 8 nitrogen and oxygen atoms in total. The van der Waals surface area contributed by atoms with Crippen molar-refractivity contribution >= 4 is 17.5 Å². The lowest BCUT2D eigenvalue weighted by Gasteiger charge is -2.31. The molecule has 2 heterocycles. The molecule has 1 aliphatic rings. The maximum Gasteiger partial charge on any atom is 0.329 e. The molecule has 0 amide bonds. The Hall–Kier alpha value is -1.96. The first-order valence-electron chi connectivity index (χ1n) is 7.18. The third-order valence-corrected chi connectivity index (χ3v) is 3.55. The molecular weight excluding hydrogens is 274 g/mol. The Bertz CT molecular complexity index is 489. The molecule has 0 radical (unpaired) electrons.